The Labute approximate surface area is 138 Å². The van der Waals surface area contributed by atoms with E-state index in [1.165, 1.54) is 5.56 Å². The van der Waals surface area contributed by atoms with Crippen LogP contribution in [0.25, 0.3) is 11.4 Å². The van der Waals surface area contributed by atoms with Crippen LogP contribution in [0.1, 0.15) is 5.56 Å². The zero-order valence-corrected chi connectivity index (χ0v) is 13.2. The maximum absolute atomic E-state index is 11.9. The minimum Gasteiger partial charge on any atom is -0.346 e. The molecule has 124 valence electrons. The molecular formula is C16H17N5O3. The highest BCUT2D eigenvalue weighted by Crippen LogP contribution is 2.23. The van der Waals surface area contributed by atoms with Gasteiger partial charge in [0.15, 0.2) is 0 Å². The number of nitrogens with zero attached hydrogens (tertiary/aromatic N) is 4. The monoisotopic (exact) mass is 327 g/mol. The molecule has 1 atom stereocenters. The fourth-order valence-electron chi connectivity index (χ4n) is 3.05. The van der Waals surface area contributed by atoms with Gasteiger partial charge in [-0.2, -0.15) is 4.98 Å². The lowest BCUT2D eigenvalue weighted by molar-refractivity contribution is -0.150. The van der Waals surface area contributed by atoms with E-state index in [-0.39, 0.29) is 6.04 Å². The number of carbonyl (C=O) groups excluding carboxylic acids is 2. The van der Waals surface area contributed by atoms with Gasteiger partial charge in [-0.15, -0.1) is 0 Å². The predicted molar refractivity (Wildman–Crippen MR) is 85.2 cm³/mol. The Balaban J connectivity index is 1.50. The van der Waals surface area contributed by atoms with E-state index >= 15 is 0 Å². The first-order chi connectivity index (χ1) is 11.6. The molecule has 2 amide bonds. The molecule has 8 nitrogen and oxygen atoms in total. The van der Waals surface area contributed by atoms with Crippen molar-refractivity contribution in [2.24, 2.45) is 0 Å². The highest BCUT2D eigenvalue weighted by atomic mass is 16.5. The van der Waals surface area contributed by atoms with Gasteiger partial charge in [-0.25, -0.2) is 0 Å². The number of nitrogens with one attached hydrogen (secondary N) is 1. The summed E-state index contributed by atoms with van der Waals surface area (Å²) in [5.41, 5.74) is 2.07. The van der Waals surface area contributed by atoms with Crippen LogP contribution in [0.4, 0.5) is 6.01 Å². The molecule has 0 saturated carbocycles. The first-order valence-corrected chi connectivity index (χ1v) is 7.86. The van der Waals surface area contributed by atoms with Crippen LogP contribution >= 0.6 is 0 Å². The van der Waals surface area contributed by atoms with Gasteiger partial charge in [-0.1, -0.05) is 35.0 Å². The van der Waals surface area contributed by atoms with Gasteiger partial charge in [0.2, 0.25) is 5.82 Å². The number of amides is 2. The topological polar surface area (TPSA) is 91.6 Å². The van der Waals surface area contributed by atoms with Crippen molar-refractivity contribution < 1.29 is 14.1 Å². The summed E-state index contributed by atoms with van der Waals surface area (Å²) in [6.07, 6.45) is 0. The summed E-state index contributed by atoms with van der Waals surface area (Å²) in [5.74, 6) is -0.448. The van der Waals surface area contributed by atoms with Gasteiger partial charge in [0, 0.05) is 31.7 Å². The summed E-state index contributed by atoms with van der Waals surface area (Å²) in [6.45, 7) is 4.06. The van der Waals surface area contributed by atoms with E-state index in [9.17, 15) is 9.59 Å². The Bertz CT molecular complexity index is 785. The maximum atomic E-state index is 11.9. The van der Waals surface area contributed by atoms with Gasteiger partial charge in [0.05, 0.1) is 6.04 Å². The van der Waals surface area contributed by atoms with Gasteiger partial charge in [-0.3, -0.25) is 9.59 Å². The third-order valence-electron chi connectivity index (χ3n) is 4.43. The standard InChI is InChI=1S/C16H17N5O3/c1-10-2-4-11(5-3-10)13-18-16(24-19-13)20-6-7-21-12(9-20)8-17-14(22)15(21)23/h2-5,12H,6-9H2,1H3,(H,17,22)/t12-/m0/s1. The summed E-state index contributed by atoms with van der Waals surface area (Å²) in [4.78, 5) is 31.3. The second-order valence-electron chi connectivity index (χ2n) is 6.07. The lowest BCUT2D eigenvalue weighted by Gasteiger charge is -2.42. The van der Waals surface area contributed by atoms with Crippen molar-refractivity contribution in [3.63, 3.8) is 0 Å². The Morgan fingerprint density at radius 1 is 1.21 bits per heavy atom. The van der Waals surface area contributed by atoms with Crippen molar-refractivity contribution in [3.05, 3.63) is 29.8 Å². The van der Waals surface area contributed by atoms with Crippen LogP contribution in [0.15, 0.2) is 28.8 Å². The third kappa shape index (κ3) is 2.49. The smallest absolute Gasteiger partial charge is 0.324 e. The second-order valence-corrected chi connectivity index (χ2v) is 6.07. The van der Waals surface area contributed by atoms with Gasteiger partial charge >= 0.3 is 17.8 Å². The molecule has 0 radical (unpaired) electrons. The molecule has 24 heavy (non-hydrogen) atoms. The molecule has 0 spiro atoms. The Hall–Kier alpha value is -2.90. The summed E-state index contributed by atoms with van der Waals surface area (Å²) in [6, 6.07) is 8.28. The van der Waals surface area contributed by atoms with Gasteiger partial charge in [-0.05, 0) is 6.92 Å². The number of aromatic nitrogens is 2. The van der Waals surface area contributed by atoms with Crippen LogP contribution in [0.5, 0.6) is 0 Å². The fourth-order valence-corrected chi connectivity index (χ4v) is 3.05. The maximum Gasteiger partial charge on any atom is 0.324 e. The normalized spacial score (nSPS) is 20.8. The van der Waals surface area contributed by atoms with Crippen molar-refractivity contribution in [3.8, 4) is 11.4 Å². The van der Waals surface area contributed by atoms with Crippen LogP contribution < -0.4 is 10.2 Å². The molecule has 2 fully saturated rings. The molecule has 8 heteroatoms. The van der Waals surface area contributed by atoms with E-state index in [0.29, 0.717) is 38.0 Å². The van der Waals surface area contributed by atoms with Crippen molar-refractivity contribution >= 4 is 17.8 Å². The van der Waals surface area contributed by atoms with Crippen molar-refractivity contribution in [1.29, 1.82) is 0 Å². The van der Waals surface area contributed by atoms with E-state index < -0.39 is 11.8 Å². The molecule has 4 rings (SSSR count). The minimum absolute atomic E-state index is 0.0707. The number of piperazine rings is 2. The van der Waals surface area contributed by atoms with Crippen LogP contribution in [-0.2, 0) is 9.59 Å². The average molecular weight is 327 g/mol. The number of benzene rings is 1. The molecule has 2 aliphatic heterocycles. The number of carbonyl (C=O) groups is 2. The Morgan fingerprint density at radius 3 is 2.79 bits per heavy atom. The van der Waals surface area contributed by atoms with E-state index in [4.69, 9.17) is 4.52 Å². The largest absolute Gasteiger partial charge is 0.346 e. The first kappa shape index (κ1) is 14.7. The van der Waals surface area contributed by atoms with E-state index in [0.717, 1.165) is 5.56 Å². The summed E-state index contributed by atoms with van der Waals surface area (Å²) in [5, 5.41) is 6.66. The summed E-state index contributed by atoms with van der Waals surface area (Å²) in [7, 11) is 0. The van der Waals surface area contributed by atoms with Gasteiger partial charge < -0.3 is 19.6 Å². The first-order valence-electron chi connectivity index (χ1n) is 7.86. The molecular weight excluding hydrogens is 310 g/mol. The second kappa shape index (κ2) is 5.63. The molecule has 0 aliphatic carbocycles. The number of hydrogen-bond donors (Lipinski definition) is 1. The molecule has 2 aliphatic rings. The number of aryl methyl sites for hydroxylation is 1. The molecule has 1 aromatic carbocycles. The van der Waals surface area contributed by atoms with Crippen LogP contribution in [0.2, 0.25) is 0 Å². The number of hydrogen-bond acceptors (Lipinski definition) is 6. The highest BCUT2D eigenvalue weighted by Gasteiger charge is 2.38. The number of rotatable bonds is 2. The zero-order valence-electron chi connectivity index (χ0n) is 13.2. The SMILES string of the molecule is Cc1ccc(-c2noc(N3CCN4C(=O)C(=O)NC[C@H]4C3)n2)cc1. The summed E-state index contributed by atoms with van der Waals surface area (Å²) >= 11 is 0. The lowest BCUT2D eigenvalue weighted by atomic mass is 10.1. The molecule has 1 N–H and O–H groups in total. The van der Waals surface area contributed by atoms with Crippen LogP contribution in [0.3, 0.4) is 0 Å². The molecule has 2 saturated heterocycles. The molecule has 2 aromatic rings. The van der Waals surface area contributed by atoms with Crippen LogP contribution in [0, 0.1) is 6.92 Å². The average Bonchev–Trinajstić information content (AvgIpc) is 3.09. The van der Waals surface area contributed by atoms with E-state index in [1.54, 1.807) is 4.90 Å². The highest BCUT2D eigenvalue weighted by molar-refractivity contribution is 6.35. The van der Waals surface area contributed by atoms with Gasteiger partial charge in [0.1, 0.15) is 0 Å². The van der Waals surface area contributed by atoms with E-state index in [1.807, 2.05) is 36.1 Å². The molecule has 1 aromatic heterocycles. The Morgan fingerprint density at radius 2 is 2.00 bits per heavy atom. The Kier molecular flexibility index (Phi) is 3.44. The molecule has 0 bridgehead atoms. The van der Waals surface area contributed by atoms with Crippen LogP contribution in [-0.4, -0.2) is 59.1 Å². The molecule has 0 unspecified atom stereocenters. The van der Waals surface area contributed by atoms with Crippen molar-refractivity contribution in [2.45, 2.75) is 13.0 Å². The number of anilines is 1. The fraction of sp³-hybridized carbons (Fsp3) is 0.375. The van der Waals surface area contributed by atoms with E-state index in [2.05, 4.69) is 15.5 Å². The molecule has 3 heterocycles. The van der Waals surface area contributed by atoms with Crippen molar-refractivity contribution in [2.75, 3.05) is 31.1 Å². The summed E-state index contributed by atoms with van der Waals surface area (Å²) < 4.78 is 5.39. The third-order valence-corrected chi connectivity index (χ3v) is 4.43. The number of fused-ring (bicyclic) bond motifs is 1. The van der Waals surface area contributed by atoms with Crippen molar-refractivity contribution in [1.82, 2.24) is 20.4 Å². The quantitative estimate of drug-likeness (QED) is 0.792. The van der Waals surface area contributed by atoms with Gasteiger partial charge in [0.25, 0.3) is 0 Å². The predicted octanol–water partition coefficient (Wildman–Crippen LogP) is 0.192. The minimum atomic E-state index is -0.529. The lowest BCUT2D eigenvalue weighted by Crippen LogP contribution is -2.65. The zero-order chi connectivity index (χ0) is 16.7.